The van der Waals surface area contributed by atoms with Gasteiger partial charge in [0, 0.05) is 40.0 Å². The number of carbonyl (C=O) groups excluding carboxylic acids is 4. The molecule has 0 radical (unpaired) electrons. The molecule has 0 aliphatic heterocycles. The lowest BCUT2D eigenvalue weighted by atomic mass is 9.76. The quantitative estimate of drug-likeness (QED) is 0.0306. The molecule has 504 valence electrons. The lowest BCUT2D eigenvalue weighted by Crippen LogP contribution is -2.33. The van der Waals surface area contributed by atoms with Crippen molar-refractivity contribution in [3.8, 4) is 22.9 Å². The summed E-state index contributed by atoms with van der Waals surface area (Å²) in [5.41, 5.74) is 6.70. The average Bonchev–Trinajstić information content (AvgIpc) is 1.69. The number of hydrogen-bond acceptors (Lipinski definition) is 8. The van der Waals surface area contributed by atoms with Crippen molar-refractivity contribution in [3.63, 3.8) is 0 Å². The van der Waals surface area contributed by atoms with Gasteiger partial charge in [-0.3, -0.25) is 39.0 Å². The number of anilines is 4. The van der Waals surface area contributed by atoms with E-state index in [0.29, 0.717) is 58.2 Å². The number of H-pyrrole nitrogens is 2. The Morgan fingerprint density at radius 2 is 0.832 bits per heavy atom. The molecule has 16 nitrogen and oxygen atoms in total. The Hall–Kier alpha value is -8.60. The summed E-state index contributed by atoms with van der Waals surface area (Å²) in [6, 6.07) is 32.3. The molecule has 0 bridgehead atoms. The van der Waals surface area contributed by atoms with E-state index in [2.05, 4.69) is 139 Å². The minimum atomic E-state index is -0.885. The second-order valence-electron chi connectivity index (χ2n) is 27.7. The van der Waals surface area contributed by atoms with Crippen LogP contribution in [0.5, 0.6) is 11.5 Å². The van der Waals surface area contributed by atoms with Crippen molar-refractivity contribution in [2.45, 2.75) is 203 Å². The molecule has 2 atom stereocenters. The predicted molar refractivity (Wildman–Crippen MR) is 386 cm³/mol. The number of aromatic nitrogens is 4. The first-order chi connectivity index (χ1) is 44.7. The summed E-state index contributed by atoms with van der Waals surface area (Å²) in [5, 5.41) is 18.3. The van der Waals surface area contributed by atoms with E-state index in [1.807, 2.05) is 52.0 Å². The third-order valence-corrected chi connectivity index (χ3v) is 19.8. The number of nitrogens with one attached hydrogen (secondary N) is 6. The fraction of sp³-hybridized carbons (Fsp3) is 0.403. The molecular weight excluding hydrogens is 1240 g/mol. The molecule has 6 aromatic carbocycles. The van der Waals surface area contributed by atoms with E-state index in [9.17, 15) is 19.2 Å². The van der Waals surface area contributed by atoms with Gasteiger partial charge in [-0.15, -0.1) is 0 Å². The number of halogens is 2. The average molecular weight is 1330 g/mol. The molecule has 8 rings (SSSR count). The minimum Gasteiger partial charge on any atom is -0.480 e. The minimum absolute atomic E-state index is 0.0657. The van der Waals surface area contributed by atoms with E-state index in [4.69, 9.17) is 32.7 Å². The smallest absolute Gasteiger partial charge is 0.277 e. The highest BCUT2D eigenvalue weighted by molar-refractivity contribution is 6.33. The Balaban J connectivity index is 1.12. The summed E-state index contributed by atoms with van der Waals surface area (Å²) in [7, 11) is 0. The predicted octanol–water partition coefficient (Wildman–Crippen LogP) is 17.6. The maximum atomic E-state index is 15.2. The lowest BCUT2D eigenvalue weighted by Gasteiger charge is -2.31. The Morgan fingerprint density at radius 3 is 1.16 bits per heavy atom. The van der Waals surface area contributed by atoms with Gasteiger partial charge >= 0.3 is 0 Å². The van der Waals surface area contributed by atoms with Gasteiger partial charge in [0.05, 0.1) is 32.5 Å². The Kier molecular flexibility index (Phi) is 22.2. The molecule has 6 N–H and O–H groups in total. The summed E-state index contributed by atoms with van der Waals surface area (Å²) in [5.74, 6) is -1.09. The van der Waals surface area contributed by atoms with Crippen LogP contribution >= 0.6 is 23.2 Å². The van der Waals surface area contributed by atoms with Crippen molar-refractivity contribution in [2.75, 3.05) is 21.3 Å². The van der Waals surface area contributed by atoms with Gasteiger partial charge in [0.25, 0.3) is 34.7 Å². The number of benzene rings is 6. The van der Waals surface area contributed by atoms with E-state index in [1.165, 1.54) is 32.6 Å². The Labute approximate surface area is 569 Å². The maximum absolute atomic E-state index is 15.2. The molecule has 2 aromatic heterocycles. The fourth-order valence-electron chi connectivity index (χ4n) is 11.6. The molecule has 95 heavy (non-hydrogen) atoms. The number of aromatic amines is 2. The van der Waals surface area contributed by atoms with Crippen LogP contribution in [0, 0.1) is 27.7 Å². The molecule has 18 heteroatoms. The van der Waals surface area contributed by atoms with E-state index in [0.717, 1.165) is 47.9 Å². The van der Waals surface area contributed by atoms with Gasteiger partial charge in [-0.2, -0.15) is 0 Å². The van der Waals surface area contributed by atoms with Gasteiger partial charge in [0.1, 0.15) is 23.1 Å². The van der Waals surface area contributed by atoms with Crippen molar-refractivity contribution in [1.82, 2.24) is 19.6 Å². The zero-order valence-corrected chi connectivity index (χ0v) is 59.9. The first-order valence-corrected chi connectivity index (χ1v) is 33.8. The van der Waals surface area contributed by atoms with Crippen molar-refractivity contribution < 1.29 is 28.7 Å². The van der Waals surface area contributed by atoms with Crippen LogP contribution in [0.15, 0.2) is 119 Å². The SMILES string of the molecule is CCC(Oc1ccc(C(C)(C)CC)cc1C(C)(C)CC)C(=O)Nc1cccc(C(=O)Nc2[nH]n(-c3c(C)cc(C)cc3Cl)c(=O)c2Cc2c(NC(=O)c3cccc(NC(=O)C(CC)Oc4ccc(C(C)(C)CC)cc4C(C)(C)CC)c3)[nH]n(-c3c(C)cc(C)cc3Cl)c2=O)c1. The number of rotatable bonds is 26. The summed E-state index contributed by atoms with van der Waals surface area (Å²) in [6.07, 6.45) is 2.05. The number of ether oxygens (including phenoxy) is 2. The third-order valence-electron chi connectivity index (χ3n) is 19.2. The van der Waals surface area contributed by atoms with Crippen LogP contribution in [0.4, 0.5) is 23.0 Å². The second kappa shape index (κ2) is 29.2. The van der Waals surface area contributed by atoms with Gasteiger partial charge in [-0.25, -0.2) is 9.36 Å². The van der Waals surface area contributed by atoms with Crippen LogP contribution in [0.2, 0.25) is 10.0 Å². The number of carbonyl (C=O) groups is 4. The molecule has 0 spiro atoms. The van der Waals surface area contributed by atoms with E-state index in [-0.39, 0.29) is 65.6 Å². The van der Waals surface area contributed by atoms with Crippen LogP contribution in [-0.4, -0.2) is 55.4 Å². The molecular formula is C77H94Cl2N8O8. The number of amides is 4. The van der Waals surface area contributed by atoms with Crippen LogP contribution in [0.1, 0.15) is 212 Å². The van der Waals surface area contributed by atoms with Crippen molar-refractivity contribution in [1.29, 1.82) is 0 Å². The molecule has 0 fully saturated rings. The van der Waals surface area contributed by atoms with Crippen LogP contribution in [-0.2, 0) is 37.7 Å². The molecule has 2 heterocycles. The zero-order valence-electron chi connectivity index (χ0n) is 58.4. The normalized spacial score (nSPS) is 12.7. The summed E-state index contributed by atoms with van der Waals surface area (Å²) >= 11 is 13.8. The van der Waals surface area contributed by atoms with Crippen LogP contribution < -0.4 is 41.9 Å². The number of hydrogen-bond donors (Lipinski definition) is 6. The highest BCUT2D eigenvalue weighted by atomic mass is 35.5. The summed E-state index contributed by atoms with van der Waals surface area (Å²) < 4.78 is 15.6. The van der Waals surface area contributed by atoms with Gasteiger partial charge in [-0.05, 0) is 182 Å². The highest BCUT2D eigenvalue weighted by Crippen LogP contribution is 2.41. The summed E-state index contributed by atoms with van der Waals surface area (Å²) in [6.45, 7) is 37.2. The first kappa shape index (κ1) is 72.2. The molecule has 4 amide bonds. The molecule has 0 saturated heterocycles. The summed E-state index contributed by atoms with van der Waals surface area (Å²) in [4.78, 5) is 88.1. The standard InChI is InChI=1S/C77H94Cl2N8O8/c1-19-60(94-62-33-31-50(74(11,12)21-3)41-56(62)76(15,16)23-5)70(90)80-52-29-25-27-48(39-52)68(88)82-66-54(72(92)86(84-66)64-46(9)35-44(7)37-58(64)78)43-55-67(85-87(73(55)93)65-47(10)36-45(8)38-59(65)79)83-69(89)49-28-26-30-53(40-49)81-71(91)61(20-2)95-63-34-32-51(75(13,14)22-4)42-57(63)77(17,18)24-6/h25-42,60-61,84-85H,19-24,43H2,1-18H3,(H,80,90)(H,81,91)(H,82,88)(H,83,89). The molecule has 8 aromatic rings. The van der Waals surface area contributed by atoms with Crippen LogP contribution in [0.25, 0.3) is 11.4 Å². The molecule has 0 saturated carbocycles. The first-order valence-electron chi connectivity index (χ1n) is 33.0. The largest absolute Gasteiger partial charge is 0.480 e. The van der Waals surface area contributed by atoms with E-state index >= 15 is 9.59 Å². The van der Waals surface area contributed by atoms with Crippen molar-refractivity contribution in [2.24, 2.45) is 0 Å². The zero-order chi connectivity index (χ0) is 69.8. The topological polar surface area (TPSA) is 210 Å². The molecule has 0 aliphatic carbocycles. The van der Waals surface area contributed by atoms with Gasteiger partial charge < -0.3 is 30.7 Å². The van der Waals surface area contributed by atoms with Crippen LogP contribution in [0.3, 0.4) is 0 Å². The number of aryl methyl sites for hydroxylation is 4. The Bertz CT molecular complexity index is 4020. The van der Waals surface area contributed by atoms with Crippen molar-refractivity contribution in [3.05, 3.63) is 207 Å². The monoisotopic (exact) mass is 1330 g/mol. The maximum Gasteiger partial charge on any atom is 0.277 e. The number of nitrogens with zero attached hydrogens (tertiary/aromatic N) is 2. The second-order valence-corrected chi connectivity index (χ2v) is 28.5. The molecule has 2 unspecified atom stereocenters. The van der Waals surface area contributed by atoms with Gasteiger partial charge in [0.2, 0.25) is 0 Å². The van der Waals surface area contributed by atoms with E-state index in [1.54, 1.807) is 62.4 Å². The van der Waals surface area contributed by atoms with Crippen molar-refractivity contribution >= 4 is 69.8 Å². The third kappa shape index (κ3) is 15.9. The highest BCUT2D eigenvalue weighted by Gasteiger charge is 2.33. The van der Waals surface area contributed by atoms with Gasteiger partial charge in [-0.1, -0.05) is 169 Å². The lowest BCUT2D eigenvalue weighted by molar-refractivity contribution is -0.123. The molecule has 0 aliphatic rings. The Morgan fingerprint density at radius 1 is 0.474 bits per heavy atom. The van der Waals surface area contributed by atoms with E-state index < -0.39 is 53.4 Å². The fourth-order valence-corrected chi connectivity index (χ4v) is 12.4. The van der Waals surface area contributed by atoms with Gasteiger partial charge in [0.15, 0.2) is 12.2 Å².